The van der Waals surface area contributed by atoms with E-state index in [0.717, 1.165) is 24.2 Å². The van der Waals surface area contributed by atoms with Crippen LogP contribution in [-0.2, 0) is 12.8 Å². The third-order valence-electron chi connectivity index (χ3n) is 6.97. The van der Waals surface area contributed by atoms with Crippen molar-refractivity contribution in [2.75, 3.05) is 0 Å². The van der Waals surface area contributed by atoms with E-state index in [1.54, 1.807) is 5.57 Å². The van der Waals surface area contributed by atoms with Crippen LogP contribution in [0.2, 0.25) is 0 Å². The Kier molecular flexibility index (Phi) is 7.20. The lowest BCUT2D eigenvalue weighted by molar-refractivity contribution is 0.186. The Hall–Kier alpha value is -1.04. The van der Waals surface area contributed by atoms with Gasteiger partial charge in [-0.05, 0) is 80.2 Å². The quantitative estimate of drug-likeness (QED) is 0.451. The maximum Gasteiger partial charge on any atom is -0.0241 e. The predicted molar refractivity (Wildman–Crippen MR) is 110 cm³/mol. The van der Waals surface area contributed by atoms with Crippen LogP contribution >= 0.6 is 0 Å². The Bertz CT molecular complexity index is 528. The summed E-state index contributed by atoms with van der Waals surface area (Å²) in [6.45, 7) is 4.58. The SMILES string of the molecule is CCCC1CCC(C2CC=C(CCc3ccc(CC)cc3)CC2)CC1. The van der Waals surface area contributed by atoms with Gasteiger partial charge in [-0.2, -0.15) is 0 Å². The molecule has 1 unspecified atom stereocenters. The summed E-state index contributed by atoms with van der Waals surface area (Å²) >= 11 is 0. The van der Waals surface area contributed by atoms with Gasteiger partial charge < -0.3 is 0 Å². The van der Waals surface area contributed by atoms with Gasteiger partial charge in [0.25, 0.3) is 0 Å². The summed E-state index contributed by atoms with van der Waals surface area (Å²) in [5.74, 6) is 3.08. The van der Waals surface area contributed by atoms with Crippen molar-refractivity contribution in [2.45, 2.75) is 90.9 Å². The fraction of sp³-hybridized carbons (Fsp3) is 0.680. The molecule has 2 aliphatic rings. The summed E-state index contributed by atoms with van der Waals surface area (Å²) in [4.78, 5) is 0. The Morgan fingerprint density at radius 1 is 0.800 bits per heavy atom. The molecular weight excluding hydrogens is 300 g/mol. The second-order valence-corrected chi connectivity index (χ2v) is 8.64. The molecule has 0 N–H and O–H groups in total. The fourth-order valence-corrected chi connectivity index (χ4v) is 5.17. The second kappa shape index (κ2) is 9.60. The molecule has 3 rings (SSSR count). The van der Waals surface area contributed by atoms with Crippen molar-refractivity contribution in [3.63, 3.8) is 0 Å². The maximum absolute atomic E-state index is 2.62. The minimum Gasteiger partial charge on any atom is -0.0850 e. The summed E-state index contributed by atoms with van der Waals surface area (Å²) < 4.78 is 0. The topological polar surface area (TPSA) is 0 Å². The summed E-state index contributed by atoms with van der Waals surface area (Å²) in [5, 5.41) is 0. The molecule has 0 spiro atoms. The van der Waals surface area contributed by atoms with Crippen LogP contribution in [-0.4, -0.2) is 0 Å². The molecule has 1 aromatic carbocycles. The van der Waals surface area contributed by atoms with E-state index in [9.17, 15) is 0 Å². The van der Waals surface area contributed by atoms with Gasteiger partial charge in [-0.3, -0.25) is 0 Å². The number of hydrogen-bond acceptors (Lipinski definition) is 0. The third kappa shape index (κ3) is 5.47. The Morgan fingerprint density at radius 2 is 1.52 bits per heavy atom. The van der Waals surface area contributed by atoms with Crippen LogP contribution in [0.5, 0.6) is 0 Å². The van der Waals surface area contributed by atoms with Crippen LogP contribution in [0, 0.1) is 17.8 Å². The van der Waals surface area contributed by atoms with Crippen LogP contribution in [0.4, 0.5) is 0 Å². The second-order valence-electron chi connectivity index (χ2n) is 8.64. The van der Waals surface area contributed by atoms with Crippen molar-refractivity contribution in [3.8, 4) is 0 Å². The van der Waals surface area contributed by atoms with Gasteiger partial charge >= 0.3 is 0 Å². The molecule has 138 valence electrons. The highest BCUT2D eigenvalue weighted by molar-refractivity contribution is 5.23. The lowest BCUT2D eigenvalue weighted by Gasteiger charge is -2.35. The van der Waals surface area contributed by atoms with Crippen LogP contribution in [0.15, 0.2) is 35.9 Å². The van der Waals surface area contributed by atoms with Crippen molar-refractivity contribution < 1.29 is 0 Å². The molecular formula is C25H38. The first-order valence-corrected chi connectivity index (χ1v) is 11.0. The van der Waals surface area contributed by atoms with E-state index < -0.39 is 0 Å². The van der Waals surface area contributed by atoms with E-state index in [4.69, 9.17) is 0 Å². The van der Waals surface area contributed by atoms with Gasteiger partial charge in [0.15, 0.2) is 0 Å². The first-order valence-electron chi connectivity index (χ1n) is 11.0. The number of aryl methyl sites for hydroxylation is 2. The Balaban J connectivity index is 1.41. The molecule has 0 aliphatic heterocycles. The average molecular weight is 339 g/mol. The van der Waals surface area contributed by atoms with E-state index in [0.29, 0.717) is 0 Å². The van der Waals surface area contributed by atoms with Crippen molar-refractivity contribution in [2.24, 2.45) is 17.8 Å². The van der Waals surface area contributed by atoms with Crippen LogP contribution in [0.3, 0.4) is 0 Å². The molecule has 0 heteroatoms. The Morgan fingerprint density at radius 3 is 2.12 bits per heavy atom. The molecule has 2 aliphatic carbocycles. The largest absolute Gasteiger partial charge is 0.0850 e. The molecule has 0 saturated heterocycles. The van der Waals surface area contributed by atoms with E-state index in [1.165, 1.54) is 81.8 Å². The van der Waals surface area contributed by atoms with Crippen LogP contribution < -0.4 is 0 Å². The lowest BCUT2D eigenvalue weighted by atomic mass is 9.70. The third-order valence-corrected chi connectivity index (χ3v) is 6.97. The molecule has 0 heterocycles. The molecule has 1 atom stereocenters. The number of allylic oxidation sites excluding steroid dienone is 2. The first-order chi connectivity index (χ1) is 12.3. The smallest absolute Gasteiger partial charge is 0.0241 e. The zero-order valence-corrected chi connectivity index (χ0v) is 16.6. The standard InChI is InChI=1S/C25H38/c1-3-5-21-12-16-24(17-13-21)25-18-14-23(15-19-25)11-10-22-8-6-20(4-2)7-9-22/h6-9,14,21,24-25H,3-5,10-13,15-19H2,1-2H3. The summed E-state index contributed by atoms with van der Waals surface area (Å²) in [7, 11) is 0. The van der Waals surface area contributed by atoms with E-state index in [-0.39, 0.29) is 0 Å². The van der Waals surface area contributed by atoms with Crippen LogP contribution in [0.1, 0.15) is 89.2 Å². The number of hydrogen-bond donors (Lipinski definition) is 0. The molecule has 1 aromatic rings. The van der Waals surface area contributed by atoms with Gasteiger partial charge in [-0.1, -0.05) is 75.4 Å². The van der Waals surface area contributed by atoms with Crippen molar-refractivity contribution in [3.05, 3.63) is 47.0 Å². The normalized spacial score (nSPS) is 27.1. The lowest BCUT2D eigenvalue weighted by Crippen LogP contribution is -2.23. The fourth-order valence-electron chi connectivity index (χ4n) is 5.17. The van der Waals surface area contributed by atoms with Crippen molar-refractivity contribution in [1.29, 1.82) is 0 Å². The zero-order valence-electron chi connectivity index (χ0n) is 16.6. The molecule has 1 saturated carbocycles. The summed E-state index contributed by atoms with van der Waals surface area (Å²) in [6, 6.07) is 9.27. The summed E-state index contributed by atoms with van der Waals surface area (Å²) in [5.41, 5.74) is 4.70. The zero-order chi connectivity index (χ0) is 17.5. The van der Waals surface area contributed by atoms with Gasteiger partial charge in [0.2, 0.25) is 0 Å². The van der Waals surface area contributed by atoms with Crippen LogP contribution in [0.25, 0.3) is 0 Å². The van der Waals surface area contributed by atoms with Crippen molar-refractivity contribution in [1.82, 2.24) is 0 Å². The average Bonchev–Trinajstić information content (AvgIpc) is 2.68. The monoisotopic (exact) mass is 338 g/mol. The van der Waals surface area contributed by atoms with E-state index >= 15 is 0 Å². The van der Waals surface area contributed by atoms with E-state index in [2.05, 4.69) is 44.2 Å². The highest BCUT2D eigenvalue weighted by Crippen LogP contribution is 2.41. The highest BCUT2D eigenvalue weighted by Gasteiger charge is 2.28. The van der Waals surface area contributed by atoms with E-state index in [1.807, 2.05) is 0 Å². The minimum absolute atomic E-state index is 0.996. The number of benzene rings is 1. The summed E-state index contributed by atoms with van der Waals surface area (Å²) in [6.07, 6.45) is 19.4. The molecule has 1 fully saturated rings. The molecule has 0 radical (unpaired) electrons. The van der Waals surface area contributed by atoms with Gasteiger partial charge in [-0.25, -0.2) is 0 Å². The number of rotatable bonds is 7. The highest BCUT2D eigenvalue weighted by atomic mass is 14.3. The van der Waals surface area contributed by atoms with Gasteiger partial charge in [0.05, 0.1) is 0 Å². The van der Waals surface area contributed by atoms with Gasteiger partial charge in [0, 0.05) is 0 Å². The van der Waals surface area contributed by atoms with Gasteiger partial charge in [0.1, 0.15) is 0 Å². The molecule has 0 amide bonds. The minimum atomic E-state index is 0.996. The van der Waals surface area contributed by atoms with Crippen molar-refractivity contribution >= 4 is 0 Å². The predicted octanol–water partition coefficient (Wildman–Crippen LogP) is 7.51. The van der Waals surface area contributed by atoms with Gasteiger partial charge in [-0.15, -0.1) is 0 Å². The molecule has 0 bridgehead atoms. The first kappa shape index (κ1) is 18.7. The maximum atomic E-state index is 2.62. The molecule has 25 heavy (non-hydrogen) atoms. The molecule has 0 aromatic heterocycles. The Labute approximate surface area is 156 Å². The molecule has 0 nitrogen and oxygen atoms in total.